The van der Waals surface area contributed by atoms with Crippen molar-refractivity contribution in [3.05, 3.63) is 35.9 Å². The number of halogens is 3. The zero-order valence-electron chi connectivity index (χ0n) is 13.7. The average molecular weight is 388 g/mol. The Balaban J connectivity index is 1.66. The number of rotatable bonds is 8. The van der Waals surface area contributed by atoms with Gasteiger partial charge in [0.2, 0.25) is 11.8 Å². The molecule has 0 aliphatic heterocycles. The molecular formula is C14H15F3N6O4. The molecule has 27 heavy (non-hydrogen) atoms. The summed E-state index contributed by atoms with van der Waals surface area (Å²) in [6.07, 6.45) is -1.23. The molecule has 0 saturated carbocycles. The lowest BCUT2D eigenvalue weighted by Gasteiger charge is -2.07. The molecule has 2 heterocycles. The Kier molecular flexibility index (Phi) is 6.15. The summed E-state index contributed by atoms with van der Waals surface area (Å²) in [5.41, 5.74) is -1.14. The fourth-order valence-corrected chi connectivity index (χ4v) is 1.97. The lowest BCUT2D eigenvalue weighted by atomic mass is 10.4. The van der Waals surface area contributed by atoms with Crippen molar-refractivity contribution in [3.63, 3.8) is 0 Å². The summed E-state index contributed by atoms with van der Waals surface area (Å²) in [5, 5.41) is 20.6. The van der Waals surface area contributed by atoms with Crippen molar-refractivity contribution in [2.75, 3.05) is 13.1 Å². The molecule has 0 aromatic carbocycles. The molecule has 0 saturated heterocycles. The highest BCUT2D eigenvalue weighted by atomic mass is 19.4. The van der Waals surface area contributed by atoms with E-state index >= 15 is 0 Å². The van der Waals surface area contributed by atoms with Crippen LogP contribution in [0.3, 0.4) is 0 Å². The molecule has 3 N–H and O–H groups in total. The molecule has 0 atom stereocenters. The number of carbonyl (C=O) groups is 3. The van der Waals surface area contributed by atoms with Gasteiger partial charge in [0.1, 0.15) is 13.1 Å². The lowest BCUT2D eigenvalue weighted by molar-refractivity contribution is -0.141. The van der Waals surface area contributed by atoms with Gasteiger partial charge in [-0.3, -0.25) is 19.0 Å². The van der Waals surface area contributed by atoms with Crippen LogP contribution in [0.25, 0.3) is 0 Å². The van der Waals surface area contributed by atoms with Gasteiger partial charge in [-0.1, -0.05) is 0 Å². The molecule has 10 nitrogen and oxygen atoms in total. The number of carbonyl (C=O) groups excluding carboxylic acids is 2. The van der Waals surface area contributed by atoms with Gasteiger partial charge in [-0.25, -0.2) is 4.79 Å². The van der Waals surface area contributed by atoms with Crippen LogP contribution in [0.1, 0.15) is 16.1 Å². The second-order valence-electron chi connectivity index (χ2n) is 5.33. The Labute approximate surface area is 149 Å². The second kappa shape index (κ2) is 8.33. The summed E-state index contributed by atoms with van der Waals surface area (Å²) in [6, 6.07) is 0.762. The number of carboxylic acids is 1. The van der Waals surface area contributed by atoms with Gasteiger partial charge in [-0.15, -0.1) is 0 Å². The highest BCUT2D eigenvalue weighted by Gasteiger charge is 2.33. The summed E-state index contributed by atoms with van der Waals surface area (Å²) in [5.74, 6) is -2.19. The van der Waals surface area contributed by atoms with E-state index in [9.17, 15) is 27.6 Å². The van der Waals surface area contributed by atoms with E-state index in [0.717, 1.165) is 27.8 Å². The quantitative estimate of drug-likeness (QED) is 0.534. The van der Waals surface area contributed by atoms with Crippen molar-refractivity contribution in [2.45, 2.75) is 19.3 Å². The van der Waals surface area contributed by atoms with Crippen molar-refractivity contribution in [2.24, 2.45) is 0 Å². The molecule has 13 heteroatoms. The maximum Gasteiger partial charge on any atom is 0.435 e. The number of nitrogens with zero attached hydrogens (tertiary/aromatic N) is 4. The van der Waals surface area contributed by atoms with Crippen molar-refractivity contribution in [1.82, 2.24) is 30.2 Å². The molecule has 0 unspecified atom stereocenters. The predicted octanol–water partition coefficient (Wildman–Crippen LogP) is -0.271. The molecule has 0 aliphatic rings. The van der Waals surface area contributed by atoms with E-state index in [1.807, 2.05) is 0 Å². The first-order chi connectivity index (χ1) is 12.6. The number of alkyl halides is 3. The highest BCUT2D eigenvalue weighted by molar-refractivity contribution is 5.87. The monoisotopic (exact) mass is 388 g/mol. The van der Waals surface area contributed by atoms with Crippen LogP contribution in [0, 0.1) is 0 Å². The molecular weight excluding hydrogens is 373 g/mol. The second-order valence-corrected chi connectivity index (χ2v) is 5.33. The first-order valence-electron chi connectivity index (χ1n) is 7.55. The zero-order valence-corrected chi connectivity index (χ0v) is 13.7. The largest absolute Gasteiger partial charge is 0.478 e. The molecule has 0 fully saturated rings. The summed E-state index contributed by atoms with van der Waals surface area (Å²) in [4.78, 5) is 34.0. The molecule has 146 valence electrons. The average Bonchev–Trinajstić information content (AvgIpc) is 3.20. The normalized spacial score (nSPS) is 11.2. The fourth-order valence-electron chi connectivity index (χ4n) is 1.97. The van der Waals surface area contributed by atoms with Crippen LogP contribution in [-0.2, 0) is 28.9 Å². The number of nitrogens with one attached hydrogen (secondary N) is 2. The Bertz CT molecular complexity index is 829. The number of hydrogen-bond donors (Lipinski definition) is 3. The van der Waals surface area contributed by atoms with Crippen molar-refractivity contribution >= 4 is 17.8 Å². The van der Waals surface area contributed by atoms with Gasteiger partial charge in [0.05, 0.1) is 11.8 Å². The smallest absolute Gasteiger partial charge is 0.435 e. The molecule has 0 aliphatic carbocycles. The molecule has 0 spiro atoms. The topological polar surface area (TPSA) is 131 Å². The van der Waals surface area contributed by atoms with Gasteiger partial charge in [0.15, 0.2) is 5.69 Å². The van der Waals surface area contributed by atoms with Crippen LogP contribution in [0.15, 0.2) is 24.7 Å². The summed E-state index contributed by atoms with van der Waals surface area (Å²) in [6.45, 7) is -0.466. The minimum absolute atomic E-state index is 0.0530. The van der Waals surface area contributed by atoms with Gasteiger partial charge < -0.3 is 15.7 Å². The summed E-state index contributed by atoms with van der Waals surface area (Å²) in [7, 11) is 0. The SMILES string of the molecule is O=C(Cn1cc(C(=O)O)cn1)NCCNC(=O)Cn1ccc(C(F)(F)F)n1. The minimum Gasteiger partial charge on any atom is -0.478 e. The number of amides is 2. The van der Waals surface area contributed by atoms with Gasteiger partial charge in [0.25, 0.3) is 0 Å². The number of hydrogen-bond acceptors (Lipinski definition) is 5. The minimum atomic E-state index is -4.58. The fraction of sp³-hybridized carbons (Fsp3) is 0.357. The van der Waals surface area contributed by atoms with E-state index in [-0.39, 0.29) is 25.2 Å². The van der Waals surface area contributed by atoms with E-state index in [1.54, 1.807) is 0 Å². The Morgan fingerprint density at radius 3 is 2.15 bits per heavy atom. The van der Waals surface area contributed by atoms with E-state index in [4.69, 9.17) is 5.11 Å². The van der Waals surface area contributed by atoms with Crippen LogP contribution in [0.2, 0.25) is 0 Å². The molecule has 2 aromatic heterocycles. The lowest BCUT2D eigenvalue weighted by Crippen LogP contribution is -2.37. The molecule has 2 aromatic rings. The Morgan fingerprint density at radius 1 is 1.07 bits per heavy atom. The van der Waals surface area contributed by atoms with Crippen LogP contribution < -0.4 is 10.6 Å². The first kappa shape index (κ1) is 19.9. The molecule has 2 amide bonds. The van der Waals surface area contributed by atoms with E-state index in [2.05, 4.69) is 20.8 Å². The van der Waals surface area contributed by atoms with Crippen LogP contribution in [0.4, 0.5) is 13.2 Å². The van der Waals surface area contributed by atoms with E-state index < -0.39 is 36.2 Å². The third-order valence-electron chi connectivity index (χ3n) is 3.19. The molecule has 0 bridgehead atoms. The van der Waals surface area contributed by atoms with Crippen LogP contribution in [0.5, 0.6) is 0 Å². The molecule has 2 rings (SSSR count). The van der Waals surface area contributed by atoms with Crippen molar-refractivity contribution in [3.8, 4) is 0 Å². The van der Waals surface area contributed by atoms with Crippen LogP contribution in [-0.4, -0.2) is 55.5 Å². The Morgan fingerprint density at radius 2 is 1.67 bits per heavy atom. The van der Waals surface area contributed by atoms with Crippen molar-refractivity contribution in [1.29, 1.82) is 0 Å². The van der Waals surface area contributed by atoms with Gasteiger partial charge >= 0.3 is 12.1 Å². The number of carboxylic acid groups (broad SMARTS) is 1. The summed E-state index contributed by atoms with van der Waals surface area (Å²) >= 11 is 0. The maximum atomic E-state index is 12.4. The molecule has 0 radical (unpaired) electrons. The van der Waals surface area contributed by atoms with Gasteiger partial charge in [0, 0.05) is 25.5 Å². The van der Waals surface area contributed by atoms with E-state index in [1.165, 1.54) is 6.20 Å². The first-order valence-corrected chi connectivity index (χ1v) is 7.55. The number of aromatic carboxylic acids is 1. The Hall–Kier alpha value is -3.38. The van der Waals surface area contributed by atoms with Crippen LogP contribution >= 0.6 is 0 Å². The van der Waals surface area contributed by atoms with Gasteiger partial charge in [-0.2, -0.15) is 23.4 Å². The summed E-state index contributed by atoms with van der Waals surface area (Å²) < 4.78 is 39.2. The highest BCUT2D eigenvalue weighted by Crippen LogP contribution is 2.27. The number of aromatic nitrogens is 4. The maximum absolute atomic E-state index is 12.4. The standard InChI is InChI=1S/C14H15F3N6O4/c15-14(16,17)10-1-4-22(21-10)7-11(24)18-2-3-19-12(25)8-23-6-9(5-20-23)13(26)27/h1,4-6H,2-3,7-8H2,(H,18,24)(H,19,25)(H,26,27). The van der Waals surface area contributed by atoms with Gasteiger partial charge in [-0.05, 0) is 6.07 Å². The third-order valence-corrected chi connectivity index (χ3v) is 3.19. The zero-order chi connectivity index (χ0) is 20.0. The van der Waals surface area contributed by atoms with E-state index in [0.29, 0.717) is 0 Å². The third kappa shape index (κ3) is 6.13. The van der Waals surface area contributed by atoms with Crippen molar-refractivity contribution < 1.29 is 32.7 Å². The predicted molar refractivity (Wildman–Crippen MR) is 82.4 cm³/mol.